The average molecular weight is 336 g/mol. The maximum absolute atomic E-state index is 12.4. The van der Waals surface area contributed by atoms with Gasteiger partial charge in [-0.3, -0.25) is 9.59 Å². The van der Waals surface area contributed by atoms with Crippen LogP contribution in [0.25, 0.3) is 0 Å². The minimum atomic E-state index is -0.0164. The molecule has 4 nitrogen and oxygen atoms in total. The Balaban J connectivity index is 1.39. The number of likely N-dealkylation sites (tertiary alicyclic amines) is 1. The van der Waals surface area contributed by atoms with Crippen LogP contribution in [0.3, 0.4) is 0 Å². The molecular formula is C21H24N2O2. The molecule has 0 saturated carbocycles. The highest BCUT2D eigenvalue weighted by atomic mass is 16.2. The second-order valence-electron chi connectivity index (χ2n) is 6.51. The van der Waals surface area contributed by atoms with Crippen LogP contribution >= 0.6 is 0 Å². The third-order valence-electron chi connectivity index (χ3n) is 4.80. The van der Waals surface area contributed by atoms with Crippen LogP contribution in [0.2, 0.25) is 0 Å². The Morgan fingerprint density at radius 2 is 1.44 bits per heavy atom. The largest absolute Gasteiger partial charge is 0.352 e. The predicted octanol–water partition coefficient (Wildman–Crippen LogP) is 3.36. The molecule has 0 aromatic heterocycles. The molecule has 0 spiro atoms. The lowest BCUT2D eigenvalue weighted by Gasteiger charge is -2.32. The number of amides is 2. The molecule has 25 heavy (non-hydrogen) atoms. The van der Waals surface area contributed by atoms with Crippen LogP contribution in [-0.2, 0) is 0 Å². The van der Waals surface area contributed by atoms with Gasteiger partial charge in [-0.2, -0.15) is 0 Å². The molecule has 1 saturated heterocycles. The van der Waals surface area contributed by atoms with Crippen LogP contribution in [0.5, 0.6) is 0 Å². The van der Waals surface area contributed by atoms with Gasteiger partial charge in [0.05, 0.1) is 0 Å². The van der Waals surface area contributed by atoms with Gasteiger partial charge in [0.25, 0.3) is 11.8 Å². The van der Waals surface area contributed by atoms with Crippen molar-refractivity contribution in [3.8, 4) is 0 Å². The van der Waals surface area contributed by atoms with E-state index < -0.39 is 0 Å². The maximum Gasteiger partial charge on any atom is 0.253 e. The zero-order valence-corrected chi connectivity index (χ0v) is 14.4. The summed E-state index contributed by atoms with van der Waals surface area (Å²) in [5.74, 6) is 0.671. The molecule has 0 bridgehead atoms. The number of rotatable bonds is 5. The van der Waals surface area contributed by atoms with Crippen LogP contribution < -0.4 is 5.32 Å². The minimum Gasteiger partial charge on any atom is -0.352 e. The van der Waals surface area contributed by atoms with Crippen molar-refractivity contribution in [2.75, 3.05) is 19.6 Å². The lowest BCUT2D eigenvalue weighted by atomic mass is 9.93. The van der Waals surface area contributed by atoms with E-state index in [1.165, 1.54) is 0 Å². The Morgan fingerprint density at radius 3 is 2.04 bits per heavy atom. The quantitative estimate of drug-likeness (QED) is 0.910. The molecule has 130 valence electrons. The Morgan fingerprint density at radius 1 is 0.880 bits per heavy atom. The summed E-state index contributed by atoms with van der Waals surface area (Å²) in [6.45, 7) is 2.28. The van der Waals surface area contributed by atoms with E-state index in [0.717, 1.165) is 37.9 Å². The molecule has 1 heterocycles. The summed E-state index contributed by atoms with van der Waals surface area (Å²) in [6, 6.07) is 18.7. The Kier molecular flexibility index (Phi) is 5.83. The highest BCUT2D eigenvalue weighted by Crippen LogP contribution is 2.21. The number of hydrogen-bond donors (Lipinski definition) is 1. The van der Waals surface area contributed by atoms with Crippen molar-refractivity contribution < 1.29 is 9.59 Å². The fraction of sp³-hybridized carbons (Fsp3) is 0.333. The van der Waals surface area contributed by atoms with Gasteiger partial charge < -0.3 is 10.2 Å². The summed E-state index contributed by atoms with van der Waals surface area (Å²) >= 11 is 0. The number of carbonyl (C=O) groups is 2. The number of nitrogens with zero attached hydrogens (tertiary/aromatic N) is 1. The van der Waals surface area contributed by atoms with Crippen LogP contribution in [0, 0.1) is 5.92 Å². The minimum absolute atomic E-state index is 0.0164. The first-order valence-electron chi connectivity index (χ1n) is 8.91. The van der Waals surface area contributed by atoms with Crippen molar-refractivity contribution in [1.29, 1.82) is 0 Å². The third kappa shape index (κ3) is 4.69. The SMILES string of the molecule is O=C(NCCC1CCN(C(=O)c2ccccc2)CC1)c1ccccc1. The number of hydrogen-bond acceptors (Lipinski definition) is 2. The van der Waals surface area contributed by atoms with Gasteiger partial charge in [-0.1, -0.05) is 36.4 Å². The zero-order valence-electron chi connectivity index (χ0n) is 14.4. The molecule has 4 heteroatoms. The van der Waals surface area contributed by atoms with Crippen LogP contribution in [0.1, 0.15) is 40.0 Å². The summed E-state index contributed by atoms with van der Waals surface area (Å²) in [7, 11) is 0. The third-order valence-corrected chi connectivity index (χ3v) is 4.80. The summed E-state index contributed by atoms with van der Waals surface area (Å²) < 4.78 is 0. The van der Waals surface area contributed by atoms with E-state index in [-0.39, 0.29) is 11.8 Å². The van der Waals surface area contributed by atoms with Gasteiger partial charge >= 0.3 is 0 Å². The normalized spacial score (nSPS) is 15.0. The maximum atomic E-state index is 12.4. The standard InChI is InChI=1S/C21H24N2O2/c24-20(18-7-3-1-4-8-18)22-14-11-17-12-15-23(16-13-17)21(25)19-9-5-2-6-10-19/h1-10,17H,11-16H2,(H,22,24). The molecule has 0 atom stereocenters. The molecule has 1 aliphatic heterocycles. The summed E-state index contributed by atoms with van der Waals surface area (Å²) in [4.78, 5) is 26.4. The van der Waals surface area contributed by atoms with Crippen molar-refractivity contribution in [2.24, 2.45) is 5.92 Å². The van der Waals surface area contributed by atoms with Crippen LogP contribution in [0.15, 0.2) is 60.7 Å². The van der Waals surface area contributed by atoms with Crippen LogP contribution in [-0.4, -0.2) is 36.3 Å². The second-order valence-corrected chi connectivity index (χ2v) is 6.51. The molecular weight excluding hydrogens is 312 g/mol. The van der Waals surface area contributed by atoms with Crippen molar-refractivity contribution in [1.82, 2.24) is 10.2 Å². The smallest absolute Gasteiger partial charge is 0.253 e. The van der Waals surface area contributed by atoms with Gasteiger partial charge in [0, 0.05) is 30.8 Å². The molecule has 1 aliphatic rings. The summed E-state index contributed by atoms with van der Waals surface area (Å²) in [6.07, 6.45) is 2.96. The highest BCUT2D eigenvalue weighted by Gasteiger charge is 2.23. The highest BCUT2D eigenvalue weighted by molar-refractivity contribution is 5.94. The monoisotopic (exact) mass is 336 g/mol. The Hall–Kier alpha value is -2.62. The van der Waals surface area contributed by atoms with Gasteiger partial charge in [-0.15, -0.1) is 0 Å². The van der Waals surface area contributed by atoms with Crippen molar-refractivity contribution in [3.05, 3.63) is 71.8 Å². The van der Waals surface area contributed by atoms with E-state index in [4.69, 9.17) is 0 Å². The van der Waals surface area contributed by atoms with E-state index >= 15 is 0 Å². The summed E-state index contributed by atoms with van der Waals surface area (Å²) in [5.41, 5.74) is 1.46. The van der Waals surface area contributed by atoms with Gasteiger partial charge in [0.2, 0.25) is 0 Å². The van der Waals surface area contributed by atoms with Crippen molar-refractivity contribution in [3.63, 3.8) is 0 Å². The molecule has 1 fully saturated rings. The Bertz CT molecular complexity index is 690. The molecule has 2 aromatic carbocycles. The first kappa shape index (κ1) is 17.2. The van der Waals surface area contributed by atoms with Crippen LogP contribution in [0.4, 0.5) is 0 Å². The van der Waals surface area contributed by atoms with Crippen molar-refractivity contribution >= 4 is 11.8 Å². The molecule has 3 rings (SSSR count). The first-order chi connectivity index (χ1) is 12.2. The zero-order chi connectivity index (χ0) is 17.5. The van der Waals surface area contributed by atoms with E-state index in [1.54, 1.807) is 0 Å². The number of nitrogens with one attached hydrogen (secondary N) is 1. The lowest BCUT2D eigenvalue weighted by molar-refractivity contribution is 0.0687. The summed E-state index contributed by atoms with van der Waals surface area (Å²) in [5, 5.41) is 2.99. The van der Waals surface area contributed by atoms with Gasteiger partial charge in [0.15, 0.2) is 0 Å². The number of benzene rings is 2. The lowest BCUT2D eigenvalue weighted by Crippen LogP contribution is -2.39. The average Bonchev–Trinajstić information content (AvgIpc) is 2.69. The first-order valence-corrected chi connectivity index (χ1v) is 8.91. The Labute approximate surface area is 148 Å². The predicted molar refractivity (Wildman–Crippen MR) is 98.5 cm³/mol. The second kappa shape index (κ2) is 8.47. The van der Waals surface area contributed by atoms with Gasteiger partial charge in [-0.25, -0.2) is 0 Å². The van der Waals surface area contributed by atoms with Gasteiger partial charge in [-0.05, 0) is 49.4 Å². The molecule has 0 radical (unpaired) electrons. The number of carbonyl (C=O) groups excluding carboxylic acids is 2. The van der Waals surface area contributed by atoms with E-state index in [2.05, 4.69) is 5.32 Å². The fourth-order valence-corrected chi connectivity index (χ4v) is 3.27. The van der Waals surface area contributed by atoms with E-state index in [9.17, 15) is 9.59 Å². The molecule has 0 unspecified atom stereocenters. The molecule has 1 N–H and O–H groups in total. The van der Waals surface area contributed by atoms with Crippen molar-refractivity contribution in [2.45, 2.75) is 19.3 Å². The van der Waals surface area contributed by atoms with Gasteiger partial charge in [0.1, 0.15) is 0 Å². The number of piperidine rings is 1. The topological polar surface area (TPSA) is 49.4 Å². The molecule has 2 aromatic rings. The fourth-order valence-electron chi connectivity index (χ4n) is 3.27. The molecule has 0 aliphatic carbocycles. The van der Waals surface area contributed by atoms with E-state index in [0.29, 0.717) is 18.0 Å². The van der Waals surface area contributed by atoms with E-state index in [1.807, 2.05) is 65.6 Å². The molecule has 2 amide bonds.